The number of halogens is 2. The molecule has 0 amide bonds. The van der Waals surface area contributed by atoms with Crippen molar-refractivity contribution in [2.45, 2.75) is 70.6 Å². The van der Waals surface area contributed by atoms with Crippen LogP contribution in [-0.4, -0.2) is 4.98 Å². The number of hydrogen-bond acceptors (Lipinski definition) is 1. The van der Waals surface area contributed by atoms with Crippen molar-refractivity contribution < 1.29 is 4.39 Å². The largest absolute Gasteiger partial charge is 0.217 e. The van der Waals surface area contributed by atoms with Gasteiger partial charge in [0.25, 0.3) is 0 Å². The Labute approximate surface area is 138 Å². The number of rotatable bonds is 3. The summed E-state index contributed by atoms with van der Waals surface area (Å²) in [6, 6.07) is 3.56. The van der Waals surface area contributed by atoms with Gasteiger partial charge in [-0.3, -0.25) is 0 Å². The summed E-state index contributed by atoms with van der Waals surface area (Å²) in [7, 11) is 0. The van der Waals surface area contributed by atoms with Gasteiger partial charge in [-0.25, -0.2) is 4.98 Å². The van der Waals surface area contributed by atoms with E-state index in [4.69, 9.17) is 11.6 Å². The minimum atomic E-state index is -0.362. The third-order valence-electron chi connectivity index (χ3n) is 6.19. The summed E-state index contributed by atoms with van der Waals surface area (Å²) < 4.78 is 14.0. The van der Waals surface area contributed by atoms with Gasteiger partial charge in [-0.1, -0.05) is 43.9 Å². The number of pyridine rings is 1. The van der Waals surface area contributed by atoms with Crippen molar-refractivity contribution >= 4 is 11.6 Å². The molecule has 0 bridgehead atoms. The van der Waals surface area contributed by atoms with E-state index in [0.717, 1.165) is 36.2 Å². The second-order valence-corrected chi connectivity index (χ2v) is 7.70. The summed E-state index contributed by atoms with van der Waals surface area (Å²) in [5.74, 6) is 2.75. The fourth-order valence-corrected chi connectivity index (χ4v) is 4.83. The van der Waals surface area contributed by atoms with Crippen LogP contribution in [0.2, 0.25) is 5.15 Å². The second-order valence-electron chi connectivity index (χ2n) is 7.31. The molecule has 0 unspecified atom stereocenters. The maximum absolute atomic E-state index is 14.0. The molecule has 1 aromatic heterocycles. The highest BCUT2D eigenvalue weighted by Crippen LogP contribution is 2.44. The molecule has 1 heterocycles. The highest BCUT2D eigenvalue weighted by molar-refractivity contribution is 6.29. The van der Waals surface area contributed by atoms with Crippen LogP contribution >= 0.6 is 11.6 Å². The van der Waals surface area contributed by atoms with E-state index in [9.17, 15) is 4.39 Å². The Morgan fingerprint density at radius 2 is 1.59 bits per heavy atom. The molecule has 3 heteroatoms. The third-order valence-corrected chi connectivity index (χ3v) is 6.40. The standard InChI is InChI=1S/C19H27ClFN/c1-2-13-3-5-14(6-4-13)15-7-9-16(10-8-15)17-11-12-18(20)22-19(17)21/h11-16H,2-10H2,1H3. The number of nitrogens with zero attached hydrogens (tertiary/aromatic N) is 1. The molecule has 2 saturated carbocycles. The zero-order valence-corrected chi connectivity index (χ0v) is 14.3. The van der Waals surface area contributed by atoms with Crippen LogP contribution < -0.4 is 0 Å². The Morgan fingerprint density at radius 1 is 1.00 bits per heavy atom. The van der Waals surface area contributed by atoms with Gasteiger partial charge in [-0.2, -0.15) is 4.39 Å². The molecule has 2 fully saturated rings. The Morgan fingerprint density at radius 3 is 2.14 bits per heavy atom. The van der Waals surface area contributed by atoms with Crippen molar-refractivity contribution in [3.8, 4) is 0 Å². The molecule has 1 nitrogen and oxygen atoms in total. The van der Waals surface area contributed by atoms with Gasteiger partial charge in [0.2, 0.25) is 5.95 Å². The average Bonchev–Trinajstić information content (AvgIpc) is 2.55. The lowest BCUT2D eigenvalue weighted by Crippen LogP contribution is -2.25. The van der Waals surface area contributed by atoms with Gasteiger partial charge < -0.3 is 0 Å². The van der Waals surface area contributed by atoms with E-state index in [-0.39, 0.29) is 11.1 Å². The maximum Gasteiger partial charge on any atom is 0.217 e. The van der Waals surface area contributed by atoms with E-state index < -0.39 is 0 Å². The maximum atomic E-state index is 14.0. The van der Waals surface area contributed by atoms with Crippen molar-refractivity contribution in [1.29, 1.82) is 0 Å². The Bertz CT molecular complexity index is 488. The van der Waals surface area contributed by atoms with E-state index in [1.165, 1.54) is 44.9 Å². The summed E-state index contributed by atoms with van der Waals surface area (Å²) in [6.45, 7) is 2.32. The fraction of sp³-hybridized carbons (Fsp3) is 0.737. The molecule has 0 aliphatic heterocycles. The first-order valence-electron chi connectivity index (χ1n) is 8.99. The van der Waals surface area contributed by atoms with E-state index in [2.05, 4.69) is 11.9 Å². The van der Waals surface area contributed by atoms with Crippen LogP contribution in [0, 0.1) is 23.7 Å². The molecule has 0 saturated heterocycles. The van der Waals surface area contributed by atoms with Crippen LogP contribution in [0.15, 0.2) is 12.1 Å². The van der Waals surface area contributed by atoms with Gasteiger partial charge in [-0.15, -0.1) is 0 Å². The molecule has 22 heavy (non-hydrogen) atoms. The van der Waals surface area contributed by atoms with Crippen LogP contribution in [0.5, 0.6) is 0 Å². The van der Waals surface area contributed by atoms with E-state index in [1.807, 2.05) is 6.07 Å². The molecule has 0 atom stereocenters. The molecular weight excluding hydrogens is 297 g/mol. The molecule has 3 rings (SSSR count). The lowest BCUT2D eigenvalue weighted by atomic mass is 9.68. The molecule has 1 aromatic rings. The molecular formula is C19H27ClFN. The van der Waals surface area contributed by atoms with Crippen LogP contribution in [-0.2, 0) is 0 Å². The Balaban J connectivity index is 1.54. The summed E-state index contributed by atoms with van der Waals surface area (Å²) in [5, 5.41) is 0.252. The second kappa shape index (κ2) is 7.29. The first-order valence-corrected chi connectivity index (χ1v) is 9.37. The van der Waals surface area contributed by atoms with Crippen LogP contribution in [0.25, 0.3) is 0 Å². The van der Waals surface area contributed by atoms with Crippen molar-refractivity contribution in [2.75, 3.05) is 0 Å². The normalized spacial score (nSPS) is 32.9. The monoisotopic (exact) mass is 323 g/mol. The first-order chi connectivity index (χ1) is 10.7. The van der Waals surface area contributed by atoms with Crippen molar-refractivity contribution in [3.63, 3.8) is 0 Å². The Hall–Kier alpha value is -0.630. The van der Waals surface area contributed by atoms with Gasteiger partial charge in [0.05, 0.1) is 0 Å². The molecule has 122 valence electrons. The predicted octanol–water partition coefficient (Wildman–Crippen LogP) is 6.36. The lowest BCUT2D eigenvalue weighted by molar-refractivity contribution is 0.158. The SMILES string of the molecule is CCC1CCC(C2CCC(c3ccc(Cl)nc3F)CC2)CC1. The van der Waals surface area contributed by atoms with E-state index in [1.54, 1.807) is 6.07 Å². The zero-order chi connectivity index (χ0) is 15.5. The highest BCUT2D eigenvalue weighted by atomic mass is 35.5. The van der Waals surface area contributed by atoms with Crippen molar-refractivity contribution in [1.82, 2.24) is 4.98 Å². The van der Waals surface area contributed by atoms with Crippen LogP contribution in [0.1, 0.15) is 76.2 Å². The van der Waals surface area contributed by atoms with Crippen LogP contribution in [0.4, 0.5) is 4.39 Å². The summed E-state index contributed by atoms with van der Waals surface area (Å²) in [4.78, 5) is 3.77. The fourth-order valence-electron chi connectivity index (χ4n) is 4.70. The van der Waals surface area contributed by atoms with Gasteiger partial charge in [0, 0.05) is 5.56 Å². The van der Waals surface area contributed by atoms with E-state index >= 15 is 0 Å². The molecule has 0 aromatic carbocycles. The Kier molecular flexibility index (Phi) is 5.38. The van der Waals surface area contributed by atoms with Gasteiger partial charge in [0.15, 0.2) is 0 Å². The van der Waals surface area contributed by atoms with Crippen molar-refractivity contribution in [2.24, 2.45) is 17.8 Å². The van der Waals surface area contributed by atoms with Gasteiger partial charge in [0.1, 0.15) is 5.15 Å². The first kappa shape index (κ1) is 16.2. The molecule has 0 N–H and O–H groups in total. The zero-order valence-electron chi connectivity index (χ0n) is 13.5. The lowest BCUT2D eigenvalue weighted by Gasteiger charge is -2.37. The van der Waals surface area contributed by atoms with Crippen LogP contribution in [0.3, 0.4) is 0 Å². The topological polar surface area (TPSA) is 12.9 Å². The minimum absolute atomic E-state index is 0.252. The number of hydrogen-bond donors (Lipinski definition) is 0. The third kappa shape index (κ3) is 3.64. The molecule has 2 aliphatic rings. The number of aromatic nitrogens is 1. The molecule has 0 spiro atoms. The molecule has 2 aliphatic carbocycles. The highest BCUT2D eigenvalue weighted by Gasteiger charge is 2.31. The quantitative estimate of drug-likeness (QED) is 0.589. The smallest absolute Gasteiger partial charge is 0.208 e. The average molecular weight is 324 g/mol. The van der Waals surface area contributed by atoms with Gasteiger partial charge in [-0.05, 0) is 68.3 Å². The minimum Gasteiger partial charge on any atom is -0.208 e. The summed E-state index contributed by atoms with van der Waals surface area (Å²) in [6.07, 6.45) is 11.8. The summed E-state index contributed by atoms with van der Waals surface area (Å²) in [5.41, 5.74) is 0.776. The van der Waals surface area contributed by atoms with Gasteiger partial charge >= 0.3 is 0 Å². The predicted molar refractivity (Wildman–Crippen MR) is 89.6 cm³/mol. The van der Waals surface area contributed by atoms with E-state index in [0.29, 0.717) is 5.92 Å². The summed E-state index contributed by atoms with van der Waals surface area (Å²) >= 11 is 5.75. The molecule has 0 radical (unpaired) electrons. The van der Waals surface area contributed by atoms with Crippen molar-refractivity contribution in [3.05, 3.63) is 28.8 Å².